The highest BCUT2D eigenvalue weighted by Gasteiger charge is 2.20. The van der Waals surface area contributed by atoms with Crippen LogP contribution < -0.4 is 5.73 Å². The summed E-state index contributed by atoms with van der Waals surface area (Å²) in [5.74, 6) is -2.43. The number of rotatable bonds is 2. The van der Waals surface area contributed by atoms with Gasteiger partial charge in [0.25, 0.3) is 0 Å². The number of nitrogens with two attached hydrogens (primary N) is 1. The summed E-state index contributed by atoms with van der Waals surface area (Å²) in [5, 5.41) is 0. The minimum Gasteiger partial charge on any atom is -0.383 e. The summed E-state index contributed by atoms with van der Waals surface area (Å²) in [7, 11) is 0. The lowest BCUT2D eigenvalue weighted by Crippen LogP contribution is -2.07. The van der Waals surface area contributed by atoms with Crippen molar-refractivity contribution >= 4 is 5.82 Å². The molecule has 0 saturated carbocycles. The van der Waals surface area contributed by atoms with Crippen molar-refractivity contribution in [1.29, 1.82) is 0 Å². The number of halogens is 3. The van der Waals surface area contributed by atoms with Crippen molar-refractivity contribution in [3.8, 4) is 11.3 Å². The Morgan fingerprint density at radius 2 is 1.68 bits per heavy atom. The van der Waals surface area contributed by atoms with E-state index in [-0.39, 0.29) is 23.1 Å². The normalized spacial score (nSPS) is 11.3. The van der Waals surface area contributed by atoms with Gasteiger partial charge in [-0.15, -0.1) is 0 Å². The largest absolute Gasteiger partial charge is 0.383 e. The maximum absolute atomic E-state index is 13.7. The van der Waals surface area contributed by atoms with Crippen LogP contribution >= 0.6 is 0 Å². The van der Waals surface area contributed by atoms with E-state index in [1.807, 2.05) is 13.8 Å². The average molecular weight is 269 g/mol. The van der Waals surface area contributed by atoms with E-state index in [4.69, 9.17) is 5.73 Å². The molecule has 2 N–H and O–H groups in total. The Morgan fingerprint density at radius 3 is 2.21 bits per heavy atom. The van der Waals surface area contributed by atoms with Gasteiger partial charge in [0.2, 0.25) is 0 Å². The summed E-state index contributed by atoms with van der Waals surface area (Å²) in [6.45, 7) is 5.52. The smallest absolute Gasteiger partial charge is 0.161 e. The molecule has 1 aromatic carbocycles. The molecule has 19 heavy (non-hydrogen) atoms. The number of anilines is 1. The molecule has 0 fully saturated rings. The Bertz CT molecular complexity index is 633. The second-order valence-electron chi connectivity index (χ2n) is 4.60. The van der Waals surface area contributed by atoms with Crippen LogP contribution in [-0.2, 0) is 0 Å². The standard InChI is InChI=1S/C13H14F3N3/c1-6(2)19-7(3)18-12(13(19)17)8-4-10(15)11(16)5-9(8)14/h4-6H,17H2,1-3H3. The van der Waals surface area contributed by atoms with E-state index in [0.717, 1.165) is 6.07 Å². The average Bonchev–Trinajstić information content (AvgIpc) is 2.59. The maximum Gasteiger partial charge on any atom is 0.161 e. The molecule has 2 aromatic rings. The van der Waals surface area contributed by atoms with Gasteiger partial charge in [0.1, 0.15) is 23.2 Å². The van der Waals surface area contributed by atoms with Crippen LogP contribution in [-0.4, -0.2) is 9.55 Å². The Kier molecular flexibility index (Phi) is 3.26. The summed E-state index contributed by atoms with van der Waals surface area (Å²) in [4.78, 5) is 4.14. The first kappa shape index (κ1) is 13.5. The van der Waals surface area contributed by atoms with E-state index >= 15 is 0 Å². The number of aryl methyl sites for hydroxylation is 1. The summed E-state index contributed by atoms with van der Waals surface area (Å²) in [5.41, 5.74) is 5.90. The number of imidazole rings is 1. The van der Waals surface area contributed by atoms with Crippen molar-refractivity contribution in [1.82, 2.24) is 9.55 Å². The van der Waals surface area contributed by atoms with Gasteiger partial charge in [-0.25, -0.2) is 18.2 Å². The summed E-state index contributed by atoms with van der Waals surface area (Å²) >= 11 is 0. The highest BCUT2D eigenvalue weighted by atomic mass is 19.2. The molecule has 0 aliphatic carbocycles. The Labute approximate surface area is 108 Å². The number of aromatic nitrogens is 2. The van der Waals surface area contributed by atoms with E-state index in [1.165, 1.54) is 0 Å². The van der Waals surface area contributed by atoms with Crippen LogP contribution in [0.4, 0.5) is 19.0 Å². The molecule has 0 bridgehead atoms. The highest BCUT2D eigenvalue weighted by molar-refractivity contribution is 5.71. The number of nitrogen functional groups attached to an aromatic ring is 1. The van der Waals surface area contributed by atoms with Crippen molar-refractivity contribution in [3.63, 3.8) is 0 Å². The molecular formula is C13H14F3N3. The van der Waals surface area contributed by atoms with E-state index in [1.54, 1.807) is 11.5 Å². The molecule has 2 rings (SSSR count). The third kappa shape index (κ3) is 2.18. The number of hydrogen-bond acceptors (Lipinski definition) is 2. The zero-order valence-corrected chi connectivity index (χ0v) is 10.8. The lowest BCUT2D eigenvalue weighted by atomic mass is 10.1. The van der Waals surface area contributed by atoms with E-state index in [9.17, 15) is 13.2 Å². The predicted molar refractivity (Wildman–Crippen MR) is 67.1 cm³/mol. The van der Waals surface area contributed by atoms with Crippen molar-refractivity contribution in [2.75, 3.05) is 5.73 Å². The van der Waals surface area contributed by atoms with Crippen LogP contribution in [0.5, 0.6) is 0 Å². The quantitative estimate of drug-likeness (QED) is 0.849. The molecule has 102 valence electrons. The van der Waals surface area contributed by atoms with Gasteiger partial charge in [0, 0.05) is 17.7 Å². The van der Waals surface area contributed by atoms with Gasteiger partial charge in [0.05, 0.1) is 0 Å². The second-order valence-corrected chi connectivity index (χ2v) is 4.60. The minimum atomic E-state index is -1.24. The molecule has 0 aliphatic heterocycles. The molecule has 0 radical (unpaired) electrons. The first-order chi connectivity index (χ1) is 8.82. The molecule has 3 nitrogen and oxygen atoms in total. The topological polar surface area (TPSA) is 43.8 Å². The Morgan fingerprint density at radius 1 is 1.11 bits per heavy atom. The van der Waals surface area contributed by atoms with Crippen LogP contribution in [0.25, 0.3) is 11.3 Å². The van der Waals surface area contributed by atoms with E-state index in [2.05, 4.69) is 4.98 Å². The van der Waals surface area contributed by atoms with Gasteiger partial charge in [-0.2, -0.15) is 0 Å². The fourth-order valence-electron chi connectivity index (χ4n) is 2.12. The fourth-order valence-corrected chi connectivity index (χ4v) is 2.12. The second kappa shape index (κ2) is 4.60. The first-order valence-electron chi connectivity index (χ1n) is 5.82. The molecule has 1 heterocycles. The molecule has 0 atom stereocenters. The monoisotopic (exact) mass is 269 g/mol. The minimum absolute atomic E-state index is 0.0367. The molecule has 6 heteroatoms. The van der Waals surface area contributed by atoms with Gasteiger partial charge in [-0.1, -0.05) is 0 Å². The van der Waals surface area contributed by atoms with Crippen LogP contribution in [0.3, 0.4) is 0 Å². The summed E-state index contributed by atoms with van der Waals surface area (Å²) in [6.07, 6.45) is 0. The first-order valence-corrected chi connectivity index (χ1v) is 5.82. The third-order valence-corrected chi connectivity index (χ3v) is 2.91. The van der Waals surface area contributed by atoms with Crippen molar-refractivity contribution in [2.45, 2.75) is 26.8 Å². The van der Waals surface area contributed by atoms with Crippen LogP contribution in [0.1, 0.15) is 25.7 Å². The molecular weight excluding hydrogens is 255 g/mol. The van der Waals surface area contributed by atoms with Crippen LogP contribution in [0, 0.1) is 24.4 Å². The lowest BCUT2D eigenvalue weighted by Gasteiger charge is -2.11. The van der Waals surface area contributed by atoms with Gasteiger partial charge < -0.3 is 10.3 Å². The summed E-state index contributed by atoms with van der Waals surface area (Å²) in [6, 6.07) is 1.30. The van der Waals surface area contributed by atoms with Crippen molar-refractivity contribution < 1.29 is 13.2 Å². The van der Waals surface area contributed by atoms with E-state index < -0.39 is 17.5 Å². The zero-order chi connectivity index (χ0) is 14.3. The molecule has 0 amide bonds. The predicted octanol–water partition coefficient (Wildman–Crippen LogP) is 3.44. The van der Waals surface area contributed by atoms with Gasteiger partial charge in [-0.3, -0.25) is 0 Å². The number of hydrogen-bond donors (Lipinski definition) is 1. The van der Waals surface area contributed by atoms with Gasteiger partial charge in [0.15, 0.2) is 11.6 Å². The molecule has 0 aliphatic rings. The fraction of sp³-hybridized carbons (Fsp3) is 0.308. The number of nitrogens with zero attached hydrogens (tertiary/aromatic N) is 2. The van der Waals surface area contributed by atoms with Gasteiger partial charge >= 0.3 is 0 Å². The van der Waals surface area contributed by atoms with Crippen LogP contribution in [0.2, 0.25) is 0 Å². The lowest BCUT2D eigenvalue weighted by molar-refractivity contribution is 0.496. The number of benzene rings is 1. The van der Waals surface area contributed by atoms with Gasteiger partial charge in [-0.05, 0) is 26.8 Å². The molecule has 1 aromatic heterocycles. The summed E-state index contributed by atoms with van der Waals surface area (Å²) < 4.78 is 41.6. The van der Waals surface area contributed by atoms with E-state index in [0.29, 0.717) is 11.9 Å². The van der Waals surface area contributed by atoms with Crippen molar-refractivity contribution in [3.05, 3.63) is 35.4 Å². The zero-order valence-electron chi connectivity index (χ0n) is 10.8. The van der Waals surface area contributed by atoms with Crippen molar-refractivity contribution in [2.24, 2.45) is 0 Å². The maximum atomic E-state index is 13.7. The molecule has 0 unspecified atom stereocenters. The van der Waals surface area contributed by atoms with Crippen LogP contribution in [0.15, 0.2) is 12.1 Å². The third-order valence-electron chi connectivity index (χ3n) is 2.91. The Balaban J connectivity index is 2.67. The highest BCUT2D eigenvalue weighted by Crippen LogP contribution is 2.31. The molecule has 0 spiro atoms. The SMILES string of the molecule is Cc1nc(-c2cc(F)c(F)cc2F)c(N)n1C(C)C. The Hall–Kier alpha value is -1.98. The molecule has 0 saturated heterocycles.